The lowest BCUT2D eigenvalue weighted by molar-refractivity contribution is -0.0496. The molecule has 1 aliphatic carbocycles. The maximum absolute atomic E-state index is 13.9. The van der Waals surface area contributed by atoms with Gasteiger partial charge in [-0.1, -0.05) is 0 Å². The van der Waals surface area contributed by atoms with E-state index in [-0.39, 0.29) is 38.3 Å². The molecule has 2 aromatic heterocycles. The molecule has 2 fully saturated rings. The van der Waals surface area contributed by atoms with Crippen molar-refractivity contribution in [2.24, 2.45) is 5.92 Å². The molecule has 3 heterocycles. The molecule has 2 atom stereocenters. The van der Waals surface area contributed by atoms with Crippen LogP contribution in [0.1, 0.15) is 49.0 Å². The van der Waals surface area contributed by atoms with E-state index in [2.05, 4.69) is 20.7 Å². The van der Waals surface area contributed by atoms with Gasteiger partial charge >= 0.3 is 12.1 Å². The second kappa shape index (κ2) is 12.7. The first-order chi connectivity index (χ1) is 19.5. The number of methoxy groups -OCH3 is 1. The number of imidazole rings is 1. The second-order valence-corrected chi connectivity index (χ2v) is 9.94. The molecule has 0 aromatic carbocycles. The van der Waals surface area contributed by atoms with Crippen LogP contribution in [-0.2, 0) is 9.47 Å². The summed E-state index contributed by atoms with van der Waals surface area (Å²) in [6, 6.07) is 0.195. The van der Waals surface area contributed by atoms with E-state index in [0.717, 1.165) is 0 Å². The van der Waals surface area contributed by atoms with Crippen LogP contribution in [0.15, 0.2) is 30.3 Å². The van der Waals surface area contributed by atoms with E-state index in [0.29, 0.717) is 36.1 Å². The average Bonchev–Trinajstić information content (AvgIpc) is 3.54. The van der Waals surface area contributed by atoms with Gasteiger partial charge in [0.05, 0.1) is 42.5 Å². The molecule has 1 saturated heterocycles. The summed E-state index contributed by atoms with van der Waals surface area (Å²) < 4.78 is 64.5. The van der Waals surface area contributed by atoms with Gasteiger partial charge in [-0.05, 0) is 24.8 Å². The molecule has 0 bridgehead atoms. The number of alkyl carbamates (subject to hydrolysis) is 1. The van der Waals surface area contributed by atoms with Gasteiger partial charge in [0.1, 0.15) is 6.61 Å². The zero-order valence-electron chi connectivity index (χ0n) is 22.2. The molecule has 0 radical (unpaired) electrons. The molecule has 1 aliphatic heterocycles. The molecular formula is C25H31F4N7O5. The highest BCUT2D eigenvalue weighted by atomic mass is 19.3. The average molecular weight is 586 g/mol. The lowest BCUT2D eigenvalue weighted by atomic mass is 9.81. The van der Waals surface area contributed by atoms with Crippen molar-refractivity contribution in [2.75, 3.05) is 33.4 Å². The SMILES string of the molecule is COCC(c1cnn2cc(C(NC(=O)OCC(=N)/C=C(\O)C(F)F)C3CCC(F)(F)CC3)nc2c1)N1CCNC1=O. The summed E-state index contributed by atoms with van der Waals surface area (Å²) >= 11 is 0. The third-order valence-electron chi connectivity index (χ3n) is 7.06. The number of allylic oxidation sites excluding steroid dienone is 1. The van der Waals surface area contributed by atoms with Gasteiger partial charge in [-0.25, -0.2) is 36.7 Å². The van der Waals surface area contributed by atoms with Crippen molar-refractivity contribution in [3.05, 3.63) is 41.6 Å². The second-order valence-electron chi connectivity index (χ2n) is 9.94. The fourth-order valence-electron chi connectivity index (χ4n) is 4.97. The number of nitrogens with zero attached hydrogens (tertiary/aromatic N) is 4. The fraction of sp³-hybridized carbons (Fsp3) is 0.560. The first-order valence-corrected chi connectivity index (χ1v) is 12.9. The number of urea groups is 1. The first kappa shape index (κ1) is 30.0. The van der Waals surface area contributed by atoms with Gasteiger partial charge in [0.15, 0.2) is 11.4 Å². The van der Waals surface area contributed by atoms with Crippen LogP contribution >= 0.6 is 0 Å². The van der Waals surface area contributed by atoms with E-state index >= 15 is 0 Å². The molecule has 2 unspecified atom stereocenters. The lowest BCUT2D eigenvalue weighted by Gasteiger charge is -2.33. The van der Waals surface area contributed by atoms with Crippen LogP contribution < -0.4 is 10.6 Å². The first-order valence-electron chi connectivity index (χ1n) is 12.9. The minimum absolute atomic E-state index is 0.0886. The molecule has 0 spiro atoms. The van der Waals surface area contributed by atoms with E-state index in [9.17, 15) is 27.2 Å². The van der Waals surface area contributed by atoms with Crippen LogP contribution in [0, 0.1) is 11.3 Å². The number of aliphatic hydroxyl groups is 1. The molecule has 4 rings (SSSR count). The highest BCUT2D eigenvalue weighted by Gasteiger charge is 2.39. The molecule has 12 nitrogen and oxygen atoms in total. The van der Waals surface area contributed by atoms with E-state index in [4.69, 9.17) is 20.0 Å². The Labute approximate surface area is 232 Å². The largest absolute Gasteiger partial charge is 0.506 e. The molecule has 2 aromatic rings. The van der Waals surface area contributed by atoms with Crippen molar-refractivity contribution in [3.8, 4) is 0 Å². The monoisotopic (exact) mass is 585 g/mol. The smallest absolute Gasteiger partial charge is 0.408 e. The normalized spacial score (nSPS) is 19.3. The van der Waals surface area contributed by atoms with E-state index < -0.39 is 54.5 Å². The maximum Gasteiger partial charge on any atom is 0.408 e. The molecule has 1 saturated carbocycles. The number of carbonyl (C=O) groups is 2. The Kier molecular flexibility index (Phi) is 9.30. The number of rotatable bonds is 11. The number of hydrogen-bond donors (Lipinski definition) is 4. The molecular weight excluding hydrogens is 554 g/mol. The van der Waals surface area contributed by atoms with Crippen molar-refractivity contribution in [3.63, 3.8) is 0 Å². The Hall–Kier alpha value is -3.95. The van der Waals surface area contributed by atoms with Gasteiger partial charge in [0, 0.05) is 44.7 Å². The van der Waals surface area contributed by atoms with Crippen LogP contribution in [-0.4, -0.2) is 88.2 Å². The zero-order valence-corrected chi connectivity index (χ0v) is 22.2. The molecule has 224 valence electrons. The summed E-state index contributed by atoms with van der Waals surface area (Å²) in [6.07, 6.45) is -1.18. The summed E-state index contributed by atoms with van der Waals surface area (Å²) in [7, 11) is 1.52. The van der Waals surface area contributed by atoms with Gasteiger partial charge in [0.25, 0.3) is 6.43 Å². The van der Waals surface area contributed by atoms with E-state index in [1.807, 2.05) is 0 Å². The van der Waals surface area contributed by atoms with Crippen molar-refractivity contribution >= 4 is 23.5 Å². The Bertz CT molecular complexity index is 1290. The number of alkyl halides is 4. The lowest BCUT2D eigenvalue weighted by Crippen LogP contribution is -2.38. The van der Waals surface area contributed by atoms with Crippen LogP contribution in [0.25, 0.3) is 5.65 Å². The summed E-state index contributed by atoms with van der Waals surface area (Å²) in [5.41, 5.74) is 0.796. The highest BCUT2D eigenvalue weighted by Crippen LogP contribution is 2.41. The summed E-state index contributed by atoms with van der Waals surface area (Å²) in [6.45, 7) is 0.478. The zero-order chi connectivity index (χ0) is 29.7. The van der Waals surface area contributed by atoms with Gasteiger partial charge in [-0.2, -0.15) is 5.10 Å². The number of ether oxygens (including phenoxy) is 2. The number of nitrogens with one attached hydrogen (secondary N) is 3. The third kappa shape index (κ3) is 7.42. The van der Waals surface area contributed by atoms with Crippen LogP contribution in [0.5, 0.6) is 0 Å². The van der Waals surface area contributed by atoms with Crippen molar-refractivity contribution in [1.82, 2.24) is 30.1 Å². The summed E-state index contributed by atoms with van der Waals surface area (Å²) in [5.74, 6) is -4.58. The number of fused-ring (bicyclic) bond motifs is 1. The van der Waals surface area contributed by atoms with Gasteiger partial charge < -0.3 is 35.5 Å². The van der Waals surface area contributed by atoms with Crippen LogP contribution in [0.2, 0.25) is 0 Å². The quantitative estimate of drug-likeness (QED) is 0.178. The Balaban J connectivity index is 1.56. The predicted octanol–water partition coefficient (Wildman–Crippen LogP) is 3.76. The summed E-state index contributed by atoms with van der Waals surface area (Å²) in [5, 5.41) is 26.5. The Morgan fingerprint density at radius 2 is 2.10 bits per heavy atom. The fourth-order valence-corrected chi connectivity index (χ4v) is 4.97. The standard InChI is InChI=1S/C25H31F4N7O5/c1-40-13-18(35-7-6-31-23(35)38)15-8-20-33-17(11-36(20)32-10-15)21(14-2-4-25(28,29)5-3-14)34-24(39)41-12-16(30)9-19(37)22(26)27/h8-11,14,18,21-22,30,37H,2-7,12-13H2,1H3,(H,31,38)(H,34,39)/b19-9-,30-16?. The number of hydrogen-bond acceptors (Lipinski definition) is 8. The van der Waals surface area contributed by atoms with E-state index in [1.54, 1.807) is 23.4 Å². The minimum atomic E-state index is -3.18. The van der Waals surface area contributed by atoms with Crippen LogP contribution in [0.3, 0.4) is 0 Å². The molecule has 2 aliphatic rings. The van der Waals surface area contributed by atoms with Gasteiger partial charge in [0.2, 0.25) is 5.92 Å². The highest BCUT2D eigenvalue weighted by molar-refractivity contribution is 5.94. The predicted molar refractivity (Wildman–Crippen MR) is 136 cm³/mol. The molecule has 3 amide bonds. The number of amides is 3. The number of halogens is 4. The Morgan fingerprint density at radius 1 is 1.37 bits per heavy atom. The summed E-state index contributed by atoms with van der Waals surface area (Å²) in [4.78, 5) is 31.1. The van der Waals surface area contributed by atoms with Crippen molar-refractivity contribution < 1.29 is 41.7 Å². The maximum atomic E-state index is 13.9. The minimum Gasteiger partial charge on any atom is -0.506 e. The number of carbonyl (C=O) groups excluding carboxylic acids is 2. The van der Waals surface area contributed by atoms with E-state index in [1.165, 1.54) is 11.6 Å². The van der Waals surface area contributed by atoms with Crippen molar-refractivity contribution in [2.45, 2.75) is 50.1 Å². The molecule has 41 heavy (non-hydrogen) atoms. The number of aromatic nitrogens is 3. The Morgan fingerprint density at radius 3 is 2.73 bits per heavy atom. The molecule has 16 heteroatoms. The topological polar surface area (TPSA) is 154 Å². The third-order valence-corrected chi connectivity index (χ3v) is 7.06. The molecule has 4 N–H and O–H groups in total. The van der Waals surface area contributed by atoms with Gasteiger partial charge in [-0.3, -0.25) is 0 Å². The van der Waals surface area contributed by atoms with Gasteiger partial charge in [-0.15, -0.1) is 0 Å². The van der Waals surface area contributed by atoms with Crippen molar-refractivity contribution in [1.29, 1.82) is 5.41 Å². The number of aliphatic hydroxyl groups excluding tert-OH is 1. The van der Waals surface area contributed by atoms with Crippen LogP contribution in [0.4, 0.5) is 27.2 Å².